The number of carbonyl (C=O) groups is 1. The fourth-order valence-corrected chi connectivity index (χ4v) is 1.68. The quantitative estimate of drug-likeness (QED) is 0.414. The molecule has 0 aliphatic heterocycles. The average molecular weight is 274 g/mol. The van der Waals surface area contributed by atoms with Crippen LogP contribution in [0.4, 0.5) is 0 Å². The Bertz CT molecular complexity index is 398. The summed E-state index contributed by atoms with van der Waals surface area (Å²) in [6, 6.07) is 0. The van der Waals surface area contributed by atoms with E-state index in [9.17, 15) is 4.79 Å². The van der Waals surface area contributed by atoms with Gasteiger partial charge < -0.3 is 4.74 Å². The molecule has 0 aromatic rings. The first kappa shape index (κ1) is 16.6. The smallest absolute Gasteiger partial charge is 0.311 e. The van der Waals surface area contributed by atoms with Crippen LogP contribution in [0.2, 0.25) is 0 Å². The molecule has 1 aliphatic carbocycles. The summed E-state index contributed by atoms with van der Waals surface area (Å²) in [7, 11) is 0. The van der Waals surface area contributed by atoms with Crippen LogP contribution in [-0.2, 0) is 9.53 Å². The second kappa shape index (κ2) is 8.70. The Balaban J connectivity index is 2.65. The minimum atomic E-state index is -0.929. The van der Waals surface area contributed by atoms with E-state index in [0.29, 0.717) is 0 Å². The van der Waals surface area contributed by atoms with E-state index in [1.54, 1.807) is 0 Å². The van der Waals surface area contributed by atoms with Gasteiger partial charge in [-0.15, -0.1) is 0 Å². The molecule has 0 spiro atoms. The highest BCUT2D eigenvalue weighted by atomic mass is 16.6. The summed E-state index contributed by atoms with van der Waals surface area (Å²) in [5.74, 6) is 12.3. The van der Waals surface area contributed by atoms with Crippen LogP contribution in [0.25, 0.3) is 0 Å². The van der Waals surface area contributed by atoms with Crippen molar-refractivity contribution in [2.45, 2.75) is 77.7 Å². The summed E-state index contributed by atoms with van der Waals surface area (Å²) < 4.78 is 5.54. The highest BCUT2D eigenvalue weighted by Crippen LogP contribution is 2.31. The lowest BCUT2D eigenvalue weighted by atomic mass is 10.1. The van der Waals surface area contributed by atoms with E-state index < -0.39 is 5.60 Å². The number of rotatable bonds is 6. The van der Waals surface area contributed by atoms with Gasteiger partial charge in [-0.1, -0.05) is 38.5 Å². The maximum Gasteiger partial charge on any atom is 0.311 e. The lowest BCUT2D eigenvalue weighted by Gasteiger charge is -2.17. The molecule has 0 amide bonds. The maximum absolute atomic E-state index is 11.8. The molecule has 1 fully saturated rings. The van der Waals surface area contributed by atoms with Crippen molar-refractivity contribution in [1.82, 2.24) is 0 Å². The normalized spacial score (nSPS) is 13.8. The molecule has 0 heterocycles. The van der Waals surface area contributed by atoms with E-state index in [0.717, 1.165) is 51.4 Å². The number of hydrogen-bond donors (Lipinski definition) is 0. The van der Waals surface area contributed by atoms with E-state index >= 15 is 0 Å². The van der Waals surface area contributed by atoms with Crippen LogP contribution in [0.5, 0.6) is 0 Å². The third-order valence-electron chi connectivity index (χ3n) is 3.18. The van der Waals surface area contributed by atoms with Crippen molar-refractivity contribution in [2.75, 3.05) is 0 Å². The third-order valence-corrected chi connectivity index (χ3v) is 3.18. The molecule has 110 valence electrons. The molecule has 0 radical (unpaired) electrons. The third kappa shape index (κ3) is 6.67. The maximum atomic E-state index is 11.8. The molecular weight excluding hydrogens is 248 g/mol. The van der Waals surface area contributed by atoms with Crippen molar-refractivity contribution in [3.05, 3.63) is 0 Å². The monoisotopic (exact) mass is 274 g/mol. The number of carbonyl (C=O) groups excluding carboxylic acids is 1. The van der Waals surface area contributed by atoms with Crippen molar-refractivity contribution >= 4 is 5.97 Å². The first-order valence-corrected chi connectivity index (χ1v) is 7.84. The second-order valence-electron chi connectivity index (χ2n) is 5.54. The zero-order valence-electron chi connectivity index (χ0n) is 13.1. The molecular formula is C18H26O2. The molecule has 0 atom stereocenters. The molecule has 0 aromatic carbocycles. The Morgan fingerprint density at radius 2 is 1.60 bits per heavy atom. The van der Waals surface area contributed by atoms with E-state index in [4.69, 9.17) is 4.74 Å². The van der Waals surface area contributed by atoms with Crippen molar-refractivity contribution in [2.24, 2.45) is 5.92 Å². The topological polar surface area (TPSA) is 26.3 Å². The zero-order chi connectivity index (χ0) is 14.8. The minimum Gasteiger partial charge on any atom is -0.434 e. The van der Waals surface area contributed by atoms with Gasteiger partial charge in [0.05, 0.1) is 5.92 Å². The second-order valence-corrected chi connectivity index (χ2v) is 5.54. The number of esters is 1. The van der Waals surface area contributed by atoms with Crippen molar-refractivity contribution in [3.63, 3.8) is 0 Å². The van der Waals surface area contributed by atoms with Crippen molar-refractivity contribution < 1.29 is 9.53 Å². The first-order valence-electron chi connectivity index (χ1n) is 7.84. The van der Waals surface area contributed by atoms with Gasteiger partial charge in [0.1, 0.15) is 0 Å². The molecule has 0 aromatic heterocycles. The van der Waals surface area contributed by atoms with E-state index in [2.05, 4.69) is 37.5 Å². The van der Waals surface area contributed by atoms with Crippen LogP contribution in [-0.4, -0.2) is 11.6 Å². The number of hydrogen-bond acceptors (Lipinski definition) is 2. The van der Waals surface area contributed by atoms with Gasteiger partial charge in [0, 0.05) is 12.8 Å². The van der Waals surface area contributed by atoms with Crippen LogP contribution in [0.15, 0.2) is 0 Å². The lowest BCUT2D eigenvalue weighted by Crippen LogP contribution is -2.29. The van der Waals surface area contributed by atoms with Gasteiger partial charge in [0.25, 0.3) is 0 Å². The van der Waals surface area contributed by atoms with E-state index in [-0.39, 0.29) is 11.9 Å². The van der Waals surface area contributed by atoms with Crippen LogP contribution in [0.1, 0.15) is 72.1 Å². The van der Waals surface area contributed by atoms with Gasteiger partial charge in [0.2, 0.25) is 5.60 Å². The average Bonchev–Trinajstić information content (AvgIpc) is 3.24. The van der Waals surface area contributed by atoms with Gasteiger partial charge >= 0.3 is 5.97 Å². The Kier molecular flexibility index (Phi) is 7.24. The molecule has 2 nitrogen and oxygen atoms in total. The number of ether oxygens (including phenoxy) is 1. The molecule has 0 unspecified atom stereocenters. The van der Waals surface area contributed by atoms with Crippen LogP contribution >= 0.6 is 0 Å². The van der Waals surface area contributed by atoms with Crippen molar-refractivity contribution in [3.8, 4) is 23.7 Å². The van der Waals surface area contributed by atoms with Gasteiger partial charge in [0.15, 0.2) is 0 Å². The summed E-state index contributed by atoms with van der Waals surface area (Å²) in [5.41, 5.74) is -0.929. The SMILES string of the molecule is CCCCC#CC(C)(C#CCCCC)OC(=O)C1CC1. The molecule has 0 saturated heterocycles. The fourth-order valence-electron chi connectivity index (χ4n) is 1.68. The van der Waals surface area contributed by atoms with Crippen LogP contribution < -0.4 is 0 Å². The lowest BCUT2D eigenvalue weighted by molar-refractivity contribution is -0.150. The molecule has 0 bridgehead atoms. The van der Waals surface area contributed by atoms with Crippen LogP contribution in [0, 0.1) is 29.6 Å². The zero-order valence-corrected chi connectivity index (χ0v) is 13.1. The van der Waals surface area contributed by atoms with Gasteiger partial charge in [-0.2, -0.15) is 0 Å². The fraction of sp³-hybridized carbons (Fsp3) is 0.722. The number of unbranched alkanes of at least 4 members (excludes halogenated alkanes) is 4. The standard InChI is InChI=1S/C18H26O2/c1-4-6-8-10-14-18(3,15-11-9-7-5-2)20-17(19)16-12-13-16/h16H,4-9,12-13H2,1-3H3. The molecule has 1 aliphatic rings. The first-order chi connectivity index (χ1) is 9.61. The molecule has 20 heavy (non-hydrogen) atoms. The summed E-state index contributed by atoms with van der Waals surface area (Å²) in [5, 5.41) is 0. The Morgan fingerprint density at radius 3 is 2.00 bits per heavy atom. The molecule has 2 heteroatoms. The highest BCUT2D eigenvalue weighted by molar-refractivity contribution is 5.76. The van der Waals surface area contributed by atoms with Gasteiger partial charge in [-0.25, -0.2) is 0 Å². The predicted octanol–water partition coefficient (Wildman–Crippen LogP) is 4.09. The predicted molar refractivity (Wildman–Crippen MR) is 81.8 cm³/mol. The van der Waals surface area contributed by atoms with Crippen molar-refractivity contribution in [1.29, 1.82) is 0 Å². The Morgan fingerprint density at radius 1 is 1.10 bits per heavy atom. The summed E-state index contributed by atoms with van der Waals surface area (Å²) >= 11 is 0. The highest BCUT2D eigenvalue weighted by Gasteiger charge is 2.35. The Labute approximate surface area is 123 Å². The summed E-state index contributed by atoms with van der Waals surface area (Å²) in [4.78, 5) is 11.8. The van der Waals surface area contributed by atoms with Gasteiger partial charge in [-0.05, 0) is 44.4 Å². The largest absolute Gasteiger partial charge is 0.434 e. The van der Waals surface area contributed by atoms with Gasteiger partial charge in [-0.3, -0.25) is 4.79 Å². The molecule has 1 saturated carbocycles. The van der Waals surface area contributed by atoms with Crippen LogP contribution in [0.3, 0.4) is 0 Å². The molecule has 0 N–H and O–H groups in total. The summed E-state index contributed by atoms with van der Waals surface area (Å²) in [6.07, 6.45) is 7.95. The minimum absolute atomic E-state index is 0.0872. The van der Waals surface area contributed by atoms with E-state index in [1.807, 2.05) is 6.92 Å². The van der Waals surface area contributed by atoms with E-state index in [1.165, 1.54) is 0 Å². The molecule has 1 rings (SSSR count). The summed E-state index contributed by atoms with van der Waals surface area (Å²) in [6.45, 7) is 6.09. The Hall–Kier alpha value is -1.41.